The minimum atomic E-state index is -4.03. The van der Waals surface area contributed by atoms with Gasteiger partial charge in [0.15, 0.2) is 0 Å². The highest BCUT2D eigenvalue weighted by atomic mass is 32.2. The molecule has 0 unspecified atom stereocenters. The fourth-order valence-corrected chi connectivity index (χ4v) is 4.27. The molecular weight excluding hydrogens is 391 g/mol. The second-order valence-corrected chi connectivity index (χ2v) is 8.75. The summed E-state index contributed by atoms with van der Waals surface area (Å²) in [5.41, 5.74) is 1.05. The number of anilines is 1. The van der Waals surface area contributed by atoms with Gasteiger partial charge in [-0.1, -0.05) is 0 Å². The van der Waals surface area contributed by atoms with Crippen molar-refractivity contribution in [3.63, 3.8) is 0 Å². The topological polar surface area (TPSA) is 91.7 Å². The predicted molar refractivity (Wildman–Crippen MR) is 100 cm³/mol. The monoisotopic (exact) mass is 406 g/mol. The minimum Gasteiger partial charge on any atom is -0.321 e. The summed E-state index contributed by atoms with van der Waals surface area (Å²) < 4.78 is 47.0. The van der Waals surface area contributed by atoms with E-state index in [1.807, 2.05) is 0 Å². The molecule has 1 fully saturated rings. The lowest BCUT2D eigenvalue weighted by Gasteiger charge is -2.23. The summed E-state index contributed by atoms with van der Waals surface area (Å²) in [4.78, 5) is 13.3. The van der Waals surface area contributed by atoms with Gasteiger partial charge in [-0.05, 0) is 66.2 Å². The Morgan fingerprint density at radius 2 is 2.11 bits per heavy atom. The number of likely N-dealkylation sites (N-methyl/N-ethyl adjacent to an activating group) is 1. The van der Waals surface area contributed by atoms with E-state index in [1.165, 1.54) is 31.5 Å². The number of rotatable bonds is 4. The van der Waals surface area contributed by atoms with Gasteiger partial charge in [-0.2, -0.15) is 8.42 Å². The molecule has 2 heterocycles. The maximum Gasteiger partial charge on any atom is 0.345 e. The van der Waals surface area contributed by atoms with Crippen molar-refractivity contribution in [3.05, 3.63) is 58.5 Å². The molecule has 140 valence electrons. The van der Waals surface area contributed by atoms with Crippen LogP contribution in [0.4, 0.5) is 10.1 Å². The fourth-order valence-electron chi connectivity index (χ4n) is 2.75. The fraction of sp³-hybridized carbons (Fsp3) is 0.235. The number of amides is 1. The van der Waals surface area contributed by atoms with Gasteiger partial charge in [-0.15, -0.1) is 4.40 Å². The highest BCUT2D eigenvalue weighted by molar-refractivity contribution is 7.88. The number of nitrogens with one attached hydrogen (secondary N) is 1. The van der Waals surface area contributed by atoms with Crippen molar-refractivity contribution in [1.29, 1.82) is 0 Å². The van der Waals surface area contributed by atoms with Crippen LogP contribution in [-0.4, -0.2) is 35.8 Å². The summed E-state index contributed by atoms with van der Waals surface area (Å²) in [6, 6.07) is 5.98. The van der Waals surface area contributed by atoms with Gasteiger partial charge in [0.2, 0.25) is 0 Å². The highest BCUT2D eigenvalue weighted by Gasteiger charge is 2.31. The summed E-state index contributed by atoms with van der Waals surface area (Å²) in [5.74, 6) is -0.734. The Balaban J connectivity index is 1.64. The van der Waals surface area contributed by atoms with E-state index in [9.17, 15) is 17.6 Å². The van der Waals surface area contributed by atoms with Crippen molar-refractivity contribution >= 4 is 39.0 Å². The number of allylic oxidation sites excluding steroid dienone is 1. The molecule has 1 saturated carbocycles. The molecule has 0 atom stereocenters. The summed E-state index contributed by atoms with van der Waals surface area (Å²) >= 11 is 1.08. The Kier molecular flexibility index (Phi) is 4.31. The van der Waals surface area contributed by atoms with Crippen LogP contribution in [0.3, 0.4) is 0 Å². The van der Waals surface area contributed by atoms with Crippen LogP contribution in [0, 0.1) is 5.82 Å². The highest BCUT2D eigenvalue weighted by Crippen LogP contribution is 2.42. The van der Waals surface area contributed by atoms with Crippen molar-refractivity contribution in [3.8, 4) is 0 Å². The third-order valence-electron chi connectivity index (χ3n) is 4.37. The van der Waals surface area contributed by atoms with Crippen molar-refractivity contribution in [2.45, 2.75) is 18.8 Å². The molecule has 4 rings (SSSR count). The van der Waals surface area contributed by atoms with E-state index in [4.69, 9.17) is 0 Å². The first kappa shape index (κ1) is 17.8. The van der Waals surface area contributed by atoms with Crippen LogP contribution in [0.25, 0.3) is 0 Å². The molecule has 1 N–H and O–H groups in total. The zero-order valence-corrected chi connectivity index (χ0v) is 15.8. The Morgan fingerprint density at radius 3 is 2.78 bits per heavy atom. The molecule has 7 nitrogen and oxygen atoms in total. The molecule has 1 amide bonds. The molecule has 2 aromatic rings. The lowest BCUT2D eigenvalue weighted by Crippen LogP contribution is -2.35. The first-order chi connectivity index (χ1) is 12.8. The molecule has 2 aliphatic rings. The standard InChI is InChI=1S/C17H15FN4O3S2/c1-22-15(9-14(21-27(22,24)25)16-6-7-19-26-16)17(23)20-11-4-5-13(18)12(8-11)10-2-3-10/h4-10H,2-3H2,1H3,(H,20,23). The van der Waals surface area contributed by atoms with Crippen LogP contribution in [-0.2, 0) is 15.0 Å². The summed E-state index contributed by atoms with van der Waals surface area (Å²) in [6.07, 6.45) is 4.78. The lowest BCUT2D eigenvalue weighted by atomic mass is 10.1. The van der Waals surface area contributed by atoms with Gasteiger partial charge >= 0.3 is 10.2 Å². The van der Waals surface area contributed by atoms with Gasteiger partial charge < -0.3 is 5.32 Å². The van der Waals surface area contributed by atoms with E-state index in [1.54, 1.807) is 12.1 Å². The number of hydrogen-bond donors (Lipinski definition) is 1. The average molecular weight is 406 g/mol. The zero-order chi connectivity index (χ0) is 19.2. The number of halogens is 1. The lowest BCUT2D eigenvalue weighted by molar-refractivity contribution is -0.113. The van der Waals surface area contributed by atoms with Crippen LogP contribution in [0.5, 0.6) is 0 Å². The third kappa shape index (κ3) is 3.50. The largest absolute Gasteiger partial charge is 0.345 e. The second-order valence-electron chi connectivity index (χ2n) is 6.29. The molecule has 10 heteroatoms. The normalized spacial score (nSPS) is 18.7. The second kappa shape index (κ2) is 6.54. The minimum absolute atomic E-state index is 0.0781. The number of carbonyl (C=O) groups is 1. The Labute approximate surface area is 159 Å². The quantitative estimate of drug-likeness (QED) is 0.845. The number of benzene rings is 1. The van der Waals surface area contributed by atoms with Gasteiger partial charge in [0.1, 0.15) is 11.5 Å². The van der Waals surface area contributed by atoms with Crippen molar-refractivity contribution in [1.82, 2.24) is 8.68 Å². The van der Waals surface area contributed by atoms with Crippen molar-refractivity contribution in [2.24, 2.45) is 4.40 Å². The van der Waals surface area contributed by atoms with Crippen molar-refractivity contribution in [2.75, 3.05) is 12.4 Å². The van der Waals surface area contributed by atoms with E-state index in [2.05, 4.69) is 14.1 Å². The molecule has 0 radical (unpaired) electrons. The van der Waals surface area contributed by atoms with E-state index in [-0.39, 0.29) is 23.1 Å². The molecule has 0 spiro atoms. The smallest absolute Gasteiger partial charge is 0.321 e. The Hall–Kier alpha value is -2.59. The molecular formula is C17H15FN4O3S2. The van der Waals surface area contributed by atoms with Crippen LogP contribution in [0.15, 0.2) is 46.6 Å². The van der Waals surface area contributed by atoms with Crippen molar-refractivity contribution < 1.29 is 17.6 Å². The molecule has 0 saturated heterocycles. The Bertz CT molecular complexity index is 1070. The number of aromatic nitrogens is 1. The first-order valence-electron chi connectivity index (χ1n) is 8.17. The van der Waals surface area contributed by atoms with E-state index < -0.39 is 16.1 Å². The van der Waals surface area contributed by atoms with E-state index >= 15 is 0 Å². The van der Waals surface area contributed by atoms with Gasteiger partial charge in [0, 0.05) is 18.9 Å². The SMILES string of the molecule is CN1C(C(=O)Nc2ccc(F)c(C3CC3)c2)=CC(c2ccns2)=NS1(=O)=O. The third-order valence-corrected chi connectivity index (χ3v) is 6.45. The molecule has 1 aliphatic carbocycles. The van der Waals surface area contributed by atoms with E-state index in [0.717, 1.165) is 28.7 Å². The van der Waals surface area contributed by atoms with Gasteiger partial charge in [0.25, 0.3) is 5.91 Å². The first-order valence-corrected chi connectivity index (χ1v) is 10.3. The van der Waals surface area contributed by atoms with Crippen LogP contribution in [0.2, 0.25) is 0 Å². The molecule has 27 heavy (non-hydrogen) atoms. The van der Waals surface area contributed by atoms with Crippen LogP contribution < -0.4 is 5.32 Å². The van der Waals surface area contributed by atoms with Crippen LogP contribution in [0.1, 0.15) is 29.2 Å². The number of hydrogen-bond acceptors (Lipinski definition) is 5. The predicted octanol–water partition coefficient (Wildman–Crippen LogP) is 2.66. The van der Waals surface area contributed by atoms with Gasteiger partial charge in [-0.25, -0.2) is 13.1 Å². The molecule has 1 aromatic carbocycles. The summed E-state index contributed by atoms with van der Waals surface area (Å²) in [7, 11) is -2.77. The zero-order valence-electron chi connectivity index (χ0n) is 14.2. The average Bonchev–Trinajstić information content (AvgIpc) is 3.32. The van der Waals surface area contributed by atoms with Gasteiger partial charge in [-0.3, -0.25) is 4.79 Å². The molecule has 1 aliphatic heterocycles. The number of carbonyl (C=O) groups excluding carboxylic acids is 1. The number of nitrogens with zero attached hydrogens (tertiary/aromatic N) is 3. The molecule has 0 bridgehead atoms. The molecule has 1 aromatic heterocycles. The summed E-state index contributed by atoms with van der Waals surface area (Å²) in [6.45, 7) is 0. The maximum absolute atomic E-state index is 13.9. The maximum atomic E-state index is 13.9. The van der Waals surface area contributed by atoms with Crippen LogP contribution >= 0.6 is 11.5 Å². The summed E-state index contributed by atoms with van der Waals surface area (Å²) in [5, 5.41) is 2.65. The Morgan fingerprint density at radius 1 is 1.33 bits per heavy atom. The van der Waals surface area contributed by atoms with Gasteiger partial charge in [0.05, 0.1) is 10.6 Å². The van der Waals surface area contributed by atoms with E-state index in [0.29, 0.717) is 16.1 Å².